The molecule has 0 heterocycles. The van der Waals surface area contributed by atoms with Crippen molar-refractivity contribution in [3.05, 3.63) is 113 Å². The molecule has 0 fully saturated rings. The quantitative estimate of drug-likeness (QED) is 0.412. The van der Waals surface area contributed by atoms with E-state index in [0.29, 0.717) is 0 Å². The van der Waals surface area contributed by atoms with Gasteiger partial charge in [-0.1, -0.05) is 107 Å². The molecule has 0 bridgehead atoms. The van der Waals surface area contributed by atoms with E-state index in [0.717, 1.165) is 24.0 Å². The van der Waals surface area contributed by atoms with Gasteiger partial charge in [0.05, 0.1) is 0 Å². The van der Waals surface area contributed by atoms with Crippen molar-refractivity contribution in [3.8, 4) is 0 Å². The van der Waals surface area contributed by atoms with E-state index in [1.54, 1.807) is 0 Å². The van der Waals surface area contributed by atoms with Crippen molar-refractivity contribution in [3.63, 3.8) is 0 Å². The highest BCUT2D eigenvalue weighted by Crippen LogP contribution is 2.23. The number of hydrogen-bond donors (Lipinski definition) is 0. The summed E-state index contributed by atoms with van der Waals surface area (Å²) in [6.07, 6.45) is 4.23. The molecule has 0 aliphatic carbocycles. The molecule has 0 aliphatic heterocycles. The molecule has 0 amide bonds. The summed E-state index contributed by atoms with van der Waals surface area (Å²) < 4.78 is 0. The Bertz CT molecular complexity index is 831. The lowest BCUT2D eigenvalue weighted by atomic mass is 9.93. The molecule has 0 N–H and O–H groups in total. The van der Waals surface area contributed by atoms with Crippen molar-refractivity contribution in [1.82, 2.24) is 0 Å². The van der Waals surface area contributed by atoms with Crippen molar-refractivity contribution < 1.29 is 0 Å². The zero-order valence-corrected chi connectivity index (χ0v) is 22.7. The molecule has 2 rings (SSSR count). The average Bonchev–Trinajstić information content (AvgIpc) is 2.81. The van der Waals surface area contributed by atoms with Gasteiger partial charge in [0.2, 0.25) is 0 Å². The zero-order valence-electron chi connectivity index (χ0n) is 22.7. The summed E-state index contributed by atoms with van der Waals surface area (Å²) in [5.41, 5.74) is 11.5. The lowest BCUT2D eigenvalue weighted by Crippen LogP contribution is -1.95. The summed E-state index contributed by atoms with van der Waals surface area (Å²) in [7, 11) is 0. The van der Waals surface area contributed by atoms with E-state index >= 15 is 0 Å². The number of aryl methyl sites for hydroxylation is 4. The van der Waals surface area contributed by atoms with Gasteiger partial charge in [-0.3, -0.25) is 0 Å². The summed E-state index contributed by atoms with van der Waals surface area (Å²) in [6, 6.07) is 14.9. The zero-order chi connectivity index (χ0) is 25.3. The minimum Gasteiger partial charge on any atom is -0.0955 e. The molecule has 0 saturated carbocycles. The van der Waals surface area contributed by atoms with Crippen molar-refractivity contribution in [2.75, 3.05) is 0 Å². The number of benzene rings is 2. The van der Waals surface area contributed by atoms with Gasteiger partial charge in [-0.15, -0.1) is 0 Å². The Morgan fingerprint density at radius 3 is 1.38 bits per heavy atom. The Balaban J connectivity index is 0. The minimum absolute atomic E-state index is 1.05. The van der Waals surface area contributed by atoms with Gasteiger partial charge >= 0.3 is 0 Å². The Morgan fingerprint density at radius 2 is 1.16 bits per heavy atom. The lowest BCUT2D eigenvalue weighted by molar-refractivity contribution is 1.07. The first-order valence-electron chi connectivity index (χ1n) is 11.9. The van der Waals surface area contributed by atoms with Crippen LogP contribution in [0.2, 0.25) is 0 Å². The van der Waals surface area contributed by atoms with Gasteiger partial charge in [-0.25, -0.2) is 0 Å². The largest absolute Gasteiger partial charge is 0.0955 e. The molecule has 0 spiro atoms. The highest BCUT2D eigenvalue weighted by Gasteiger charge is 2.05. The smallest absolute Gasteiger partial charge is 0.0169 e. The van der Waals surface area contributed by atoms with Gasteiger partial charge in [0.15, 0.2) is 0 Å². The summed E-state index contributed by atoms with van der Waals surface area (Å²) in [5, 5.41) is 0. The molecule has 0 nitrogen and oxygen atoms in total. The molecule has 176 valence electrons. The van der Waals surface area contributed by atoms with E-state index in [1.165, 1.54) is 39.0 Å². The van der Waals surface area contributed by atoms with Gasteiger partial charge < -0.3 is 0 Å². The maximum Gasteiger partial charge on any atom is -0.0169 e. The van der Waals surface area contributed by atoms with Gasteiger partial charge in [-0.2, -0.15) is 0 Å². The van der Waals surface area contributed by atoms with E-state index in [2.05, 4.69) is 96.8 Å². The van der Waals surface area contributed by atoms with Gasteiger partial charge in [0, 0.05) is 0 Å². The normalized spacial score (nSPS) is 9.75. The highest BCUT2D eigenvalue weighted by molar-refractivity contribution is 5.67. The average molecular weight is 433 g/mol. The third-order valence-corrected chi connectivity index (χ3v) is 5.28. The fraction of sp³-hybridized carbons (Fsp3) is 0.375. The summed E-state index contributed by atoms with van der Waals surface area (Å²) >= 11 is 0. The second-order valence-electron chi connectivity index (χ2n) is 7.75. The van der Waals surface area contributed by atoms with E-state index in [-0.39, 0.29) is 0 Å². The van der Waals surface area contributed by atoms with Crippen LogP contribution in [-0.4, -0.2) is 0 Å². The van der Waals surface area contributed by atoms with Crippen LogP contribution in [0.3, 0.4) is 0 Å². The molecule has 0 aliphatic rings. The van der Waals surface area contributed by atoms with Crippen LogP contribution in [0, 0.1) is 13.8 Å². The van der Waals surface area contributed by atoms with Crippen LogP contribution in [0.15, 0.2) is 85.0 Å². The van der Waals surface area contributed by atoms with Crippen LogP contribution in [0.25, 0.3) is 5.57 Å². The topological polar surface area (TPSA) is 0 Å². The predicted molar refractivity (Wildman–Crippen MR) is 151 cm³/mol. The summed E-state index contributed by atoms with van der Waals surface area (Å²) in [5.74, 6) is 0. The molecule has 2 aromatic carbocycles. The van der Waals surface area contributed by atoms with Gasteiger partial charge in [0.1, 0.15) is 0 Å². The van der Waals surface area contributed by atoms with Gasteiger partial charge in [0.25, 0.3) is 0 Å². The second-order valence-corrected chi connectivity index (χ2v) is 7.75. The van der Waals surface area contributed by atoms with Crippen LogP contribution >= 0.6 is 0 Å². The molecular formula is C32H48. The minimum atomic E-state index is 1.05. The van der Waals surface area contributed by atoms with Crippen LogP contribution in [0.1, 0.15) is 83.2 Å². The highest BCUT2D eigenvalue weighted by atomic mass is 14.1. The molecule has 0 radical (unpaired) electrons. The first-order valence-corrected chi connectivity index (χ1v) is 11.9. The van der Waals surface area contributed by atoms with E-state index < -0.39 is 0 Å². The SMILES string of the molecule is C=C(C)C(=C)/C(C)=C\C.C=C(C)c1c(CC)cccc1CC.CC.Cc1ccccc1C. The van der Waals surface area contributed by atoms with Gasteiger partial charge in [-0.05, 0) is 93.3 Å². The fourth-order valence-corrected chi connectivity index (χ4v) is 2.96. The number of allylic oxidation sites excluding steroid dienone is 5. The van der Waals surface area contributed by atoms with Crippen molar-refractivity contribution in [2.24, 2.45) is 0 Å². The van der Waals surface area contributed by atoms with Crippen molar-refractivity contribution in [2.45, 2.75) is 82.1 Å². The predicted octanol–water partition coefficient (Wildman–Crippen LogP) is 10.3. The standard InChI is InChI=1S/C13H18.C9H14.C8H10.C2H6/c1-5-11-8-7-9-12(6-2)13(11)10(3)4;1-6-8(4)9(5)7(2)3;1-7-5-3-4-6-8(7)2;1-2/h7-9H,3,5-6H2,1-2,4H3;6H,2,5H2,1,3-4H3;3-6H,1-2H3;1-2H3/b;8-6-;;. The fourth-order valence-electron chi connectivity index (χ4n) is 2.96. The van der Waals surface area contributed by atoms with Crippen molar-refractivity contribution >= 4 is 5.57 Å². The van der Waals surface area contributed by atoms with E-state index in [1.807, 2.05) is 40.7 Å². The summed E-state index contributed by atoms with van der Waals surface area (Å²) in [6.45, 7) is 32.4. The third kappa shape index (κ3) is 11.7. The molecule has 0 saturated heterocycles. The van der Waals surface area contributed by atoms with Crippen LogP contribution < -0.4 is 0 Å². The molecular weight excluding hydrogens is 384 g/mol. The maximum atomic E-state index is 4.04. The number of hydrogen-bond acceptors (Lipinski definition) is 0. The Hall–Kier alpha value is -2.60. The Labute approximate surface area is 200 Å². The van der Waals surface area contributed by atoms with E-state index in [4.69, 9.17) is 0 Å². The Morgan fingerprint density at radius 1 is 0.750 bits per heavy atom. The molecule has 0 atom stereocenters. The summed E-state index contributed by atoms with van der Waals surface area (Å²) in [4.78, 5) is 0. The molecule has 2 aromatic rings. The van der Waals surface area contributed by atoms with Crippen LogP contribution in [0.4, 0.5) is 0 Å². The molecule has 0 aromatic heterocycles. The van der Waals surface area contributed by atoms with Crippen LogP contribution in [-0.2, 0) is 12.8 Å². The number of rotatable bonds is 5. The Kier molecular flexibility index (Phi) is 17.8. The molecule has 0 heteroatoms. The molecule has 0 unspecified atom stereocenters. The first-order chi connectivity index (χ1) is 15.1. The third-order valence-electron chi connectivity index (χ3n) is 5.28. The monoisotopic (exact) mass is 432 g/mol. The first kappa shape index (κ1) is 31.6. The van der Waals surface area contributed by atoms with Crippen LogP contribution in [0.5, 0.6) is 0 Å². The maximum absolute atomic E-state index is 4.04. The lowest BCUT2D eigenvalue weighted by Gasteiger charge is -2.12. The van der Waals surface area contributed by atoms with Crippen molar-refractivity contribution in [1.29, 1.82) is 0 Å². The van der Waals surface area contributed by atoms with E-state index in [9.17, 15) is 0 Å². The second kappa shape index (κ2) is 18.0. The molecule has 32 heavy (non-hydrogen) atoms.